The van der Waals surface area contributed by atoms with Gasteiger partial charge in [-0.15, -0.1) is 0 Å². The minimum Gasteiger partial charge on any atom is -0.419 e. The molecule has 1 aliphatic carbocycles. The van der Waals surface area contributed by atoms with Crippen LogP contribution in [0.3, 0.4) is 0 Å². The Labute approximate surface area is 216 Å². The van der Waals surface area contributed by atoms with Crippen molar-refractivity contribution in [3.8, 4) is 0 Å². The minimum absolute atomic E-state index is 0.119. The van der Waals surface area contributed by atoms with Gasteiger partial charge in [-0.1, -0.05) is 102 Å². The average Bonchev–Trinajstić information content (AvgIpc) is 2.90. The summed E-state index contributed by atoms with van der Waals surface area (Å²) in [6.45, 7) is 4.49. The van der Waals surface area contributed by atoms with Crippen molar-refractivity contribution in [1.29, 1.82) is 0 Å². The van der Waals surface area contributed by atoms with Crippen LogP contribution < -0.4 is 5.63 Å². The van der Waals surface area contributed by atoms with E-state index >= 15 is 4.39 Å². The third-order valence-electron chi connectivity index (χ3n) is 8.51. The van der Waals surface area contributed by atoms with Gasteiger partial charge in [0.1, 0.15) is 0 Å². The quantitative estimate of drug-likeness (QED) is 0.135. The largest absolute Gasteiger partial charge is 0.419 e. The van der Waals surface area contributed by atoms with Crippen molar-refractivity contribution in [2.45, 2.75) is 122 Å². The molecule has 0 radical (unpaired) electrons. The molecule has 196 valence electrons. The zero-order chi connectivity index (χ0) is 25.3. The Hall–Kier alpha value is -2.16. The van der Waals surface area contributed by atoms with Gasteiger partial charge in [0, 0.05) is 10.8 Å². The summed E-state index contributed by atoms with van der Waals surface area (Å²) in [6, 6.07) is 10.0. The summed E-state index contributed by atoms with van der Waals surface area (Å²) in [5.41, 5.74) is 1.59. The second-order valence-corrected chi connectivity index (χ2v) is 11.2. The summed E-state index contributed by atoms with van der Waals surface area (Å²) < 4.78 is 20.9. The van der Waals surface area contributed by atoms with Crippen LogP contribution in [0.25, 0.3) is 21.7 Å². The number of halogens is 1. The van der Waals surface area contributed by atoms with Crippen LogP contribution in [0, 0.1) is 11.7 Å². The fourth-order valence-electron chi connectivity index (χ4n) is 6.21. The molecule has 1 aliphatic rings. The second kappa shape index (κ2) is 13.4. The van der Waals surface area contributed by atoms with Crippen LogP contribution in [-0.2, 0) is 6.42 Å². The summed E-state index contributed by atoms with van der Waals surface area (Å²) >= 11 is 0. The van der Waals surface area contributed by atoms with Crippen molar-refractivity contribution in [2.24, 2.45) is 5.92 Å². The van der Waals surface area contributed by atoms with E-state index < -0.39 is 5.63 Å². The standard InChI is InChI=1S/C33H45FO2/c1-3-5-7-8-9-10-12-14-26-19-22-29-28-21-20-27(23-30(28)33(35)36-32(29)31(26)34)25-17-15-24(16-18-25)13-11-6-4-2/h19-25H,3-18H2,1-2H3. The van der Waals surface area contributed by atoms with Crippen LogP contribution in [-0.4, -0.2) is 0 Å². The molecule has 0 amide bonds. The van der Waals surface area contributed by atoms with E-state index in [2.05, 4.69) is 19.9 Å². The summed E-state index contributed by atoms with van der Waals surface area (Å²) in [6.07, 6.45) is 19.4. The minimum atomic E-state index is -0.417. The smallest absolute Gasteiger partial charge is 0.344 e. The molecule has 0 N–H and O–H groups in total. The van der Waals surface area contributed by atoms with Gasteiger partial charge in [-0.25, -0.2) is 9.18 Å². The highest BCUT2D eigenvalue weighted by atomic mass is 19.1. The lowest BCUT2D eigenvalue weighted by atomic mass is 9.77. The zero-order valence-corrected chi connectivity index (χ0v) is 22.5. The van der Waals surface area contributed by atoms with E-state index in [0.29, 0.717) is 28.7 Å². The lowest BCUT2D eigenvalue weighted by Gasteiger charge is -2.29. The molecule has 1 aromatic heterocycles. The maximum absolute atomic E-state index is 15.3. The van der Waals surface area contributed by atoms with E-state index in [9.17, 15) is 4.79 Å². The van der Waals surface area contributed by atoms with Crippen LogP contribution in [0.4, 0.5) is 4.39 Å². The van der Waals surface area contributed by atoms with Crippen molar-refractivity contribution in [1.82, 2.24) is 0 Å². The Bertz CT molecular complexity index is 1170. The first kappa shape index (κ1) is 26.9. The summed E-state index contributed by atoms with van der Waals surface area (Å²) in [7, 11) is 0. The van der Waals surface area contributed by atoms with Gasteiger partial charge in [-0.3, -0.25) is 0 Å². The Balaban J connectivity index is 1.45. The molecule has 0 bridgehead atoms. The molecule has 0 aliphatic heterocycles. The number of hydrogen-bond acceptors (Lipinski definition) is 2. The lowest BCUT2D eigenvalue weighted by Crippen LogP contribution is -2.14. The molecule has 4 rings (SSSR count). The molecule has 0 saturated heterocycles. The Morgan fingerprint density at radius 3 is 2.19 bits per heavy atom. The fourth-order valence-corrected chi connectivity index (χ4v) is 6.21. The number of rotatable bonds is 13. The molecule has 0 spiro atoms. The van der Waals surface area contributed by atoms with Gasteiger partial charge in [-0.05, 0) is 67.6 Å². The van der Waals surface area contributed by atoms with Gasteiger partial charge < -0.3 is 4.42 Å². The first-order chi connectivity index (χ1) is 17.6. The molecular weight excluding hydrogens is 447 g/mol. The Morgan fingerprint density at radius 1 is 0.778 bits per heavy atom. The molecule has 1 heterocycles. The van der Waals surface area contributed by atoms with Crippen LogP contribution in [0.2, 0.25) is 0 Å². The lowest BCUT2D eigenvalue weighted by molar-refractivity contribution is 0.303. The Kier molecular flexibility index (Phi) is 10.0. The maximum Gasteiger partial charge on any atom is 0.344 e. The molecular formula is C33H45FO2. The molecule has 3 heteroatoms. The topological polar surface area (TPSA) is 30.2 Å². The van der Waals surface area contributed by atoms with E-state index in [1.807, 2.05) is 24.3 Å². The maximum atomic E-state index is 15.3. The van der Waals surface area contributed by atoms with E-state index in [1.54, 1.807) is 0 Å². The highest BCUT2D eigenvalue weighted by Crippen LogP contribution is 2.39. The number of benzene rings is 2. The van der Waals surface area contributed by atoms with Crippen molar-refractivity contribution in [3.05, 3.63) is 57.7 Å². The highest BCUT2D eigenvalue weighted by Gasteiger charge is 2.23. The van der Waals surface area contributed by atoms with Crippen LogP contribution >= 0.6 is 0 Å². The van der Waals surface area contributed by atoms with Crippen molar-refractivity contribution in [2.75, 3.05) is 0 Å². The van der Waals surface area contributed by atoms with Crippen molar-refractivity contribution < 1.29 is 8.81 Å². The van der Waals surface area contributed by atoms with E-state index in [4.69, 9.17) is 4.42 Å². The second-order valence-electron chi connectivity index (χ2n) is 11.2. The molecule has 2 nitrogen and oxygen atoms in total. The zero-order valence-electron chi connectivity index (χ0n) is 22.5. The van der Waals surface area contributed by atoms with Crippen LogP contribution in [0.15, 0.2) is 39.5 Å². The van der Waals surface area contributed by atoms with Crippen molar-refractivity contribution in [3.63, 3.8) is 0 Å². The summed E-state index contributed by atoms with van der Waals surface area (Å²) in [4.78, 5) is 12.9. The van der Waals surface area contributed by atoms with Gasteiger partial charge in [-0.2, -0.15) is 0 Å². The van der Waals surface area contributed by atoms with Gasteiger partial charge >= 0.3 is 5.63 Å². The first-order valence-electron chi connectivity index (χ1n) is 14.8. The third kappa shape index (κ3) is 6.58. The average molecular weight is 493 g/mol. The van der Waals surface area contributed by atoms with E-state index in [-0.39, 0.29) is 11.4 Å². The SMILES string of the molecule is CCCCCCCCCc1ccc2c(oc(=O)c3cc(C4CCC(CCCCC)CC4)ccc32)c1F. The van der Waals surface area contributed by atoms with E-state index in [0.717, 1.165) is 24.1 Å². The molecule has 1 fully saturated rings. The number of unbranched alkanes of at least 4 members (excludes halogenated alkanes) is 8. The molecule has 0 atom stereocenters. The monoisotopic (exact) mass is 492 g/mol. The fraction of sp³-hybridized carbons (Fsp3) is 0.606. The molecule has 1 saturated carbocycles. The summed E-state index contributed by atoms with van der Waals surface area (Å²) in [5, 5.41) is 2.10. The molecule has 2 aromatic carbocycles. The first-order valence-corrected chi connectivity index (χ1v) is 14.8. The van der Waals surface area contributed by atoms with Gasteiger partial charge in [0.2, 0.25) is 0 Å². The number of fused-ring (bicyclic) bond motifs is 3. The van der Waals surface area contributed by atoms with Gasteiger partial charge in [0.25, 0.3) is 0 Å². The summed E-state index contributed by atoms with van der Waals surface area (Å²) in [5.74, 6) is 1.01. The van der Waals surface area contributed by atoms with Gasteiger partial charge in [0.05, 0.1) is 5.39 Å². The Morgan fingerprint density at radius 2 is 1.44 bits per heavy atom. The highest BCUT2D eigenvalue weighted by molar-refractivity contribution is 6.04. The molecule has 36 heavy (non-hydrogen) atoms. The van der Waals surface area contributed by atoms with E-state index in [1.165, 1.54) is 89.0 Å². The number of aryl methyl sites for hydroxylation is 1. The molecule has 3 aromatic rings. The van der Waals surface area contributed by atoms with Crippen LogP contribution in [0.5, 0.6) is 0 Å². The molecule has 0 unspecified atom stereocenters. The van der Waals surface area contributed by atoms with Crippen LogP contribution in [0.1, 0.15) is 127 Å². The predicted molar refractivity (Wildman–Crippen MR) is 150 cm³/mol. The third-order valence-corrected chi connectivity index (χ3v) is 8.51. The predicted octanol–water partition coefficient (Wildman–Crippen LogP) is 10.2. The normalized spacial score (nSPS) is 18.3. The van der Waals surface area contributed by atoms with Crippen molar-refractivity contribution >= 4 is 21.7 Å². The van der Waals surface area contributed by atoms with Gasteiger partial charge in [0.15, 0.2) is 11.4 Å². The number of hydrogen-bond donors (Lipinski definition) is 0.